The number of aromatic nitrogens is 6. The zero-order valence-electron chi connectivity index (χ0n) is 21.8. The van der Waals surface area contributed by atoms with E-state index in [1.54, 1.807) is 24.5 Å². The van der Waals surface area contributed by atoms with Crippen LogP contribution in [0.5, 0.6) is 0 Å². The van der Waals surface area contributed by atoms with E-state index in [9.17, 15) is 10.0 Å². The molecule has 1 aliphatic heterocycles. The summed E-state index contributed by atoms with van der Waals surface area (Å²) in [6.07, 6.45) is 7.47. The maximum atomic E-state index is 13.6. The van der Waals surface area contributed by atoms with Gasteiger partial charge in [0.2, 0.25) is 5.91 Å². The van der Waals surface area contributed by atoms with Gasteiger partial charge in [-0.15, -0.1) is 5.10 Å². The van der Waals surface area contributed by atoms with Crippen LogP contribution in [0.15, 0.2) is 79.4 Å². The van der Waals surface area contributed by atoms with Gasteiger partial charge in [-0.3, -0.25) is 9.78 Å². The van der Waals surface area contributed by atoms with Crippen LogP contribution in [0.2, 0.25) is 5.02 Å². The standard InChI is InChI=1S/C30H26ClN7O2/c1-19-6-9-26-25(14-19)27-15-20(12-13-32-27)23(4-2-3-5-30(39)34-26)29-10-7-21(17-38(29)40)24-16-22(31)8-11-28(24)37-18-33-35-36-37/h6-18,23H,2-5H2,1H3,(H,34,39). The molecule has 1 amide bonds. The van der Waals surface area contributed by atoms with E-state index >= 15 is 0 Å². The van der Waals surface area contributed by atoms with Crippen LogP contribution in [-0.4, -0.2) is 31.1 Å². The second-order valence-electron chi connectivity index (χ2n) is 9.95. The molecule has 1 atom stereocenters. The fourth-order valence-corrected chi connectivity index (χ4v) is 5.43. The number of fused-ring (bicyclic) bond motifs is 4. The molecule has 2 bridgehead atoms. The van der Waals surface area contributed by atoms with E-state index < -0.39 is 0 Å². The first-order valence-corrected chi connectivity index (χ1v) is 13.5. The van der Waals surface area contributed by atoms with Gasteiger partial charge in [0.25, 0.3) is 0 Å². The van der Waals surface area contributed by atoms with Crippen LogP contribution < -0.4 is 10.0 Å². The highest BCUT2D eigenvalue weighted by Crippen LogP contribution is 2.35. The van der Waals surface area contributed by atoms with Gasteiger partial charge in [-0.05, 0) is 84.3 Å². The van der Waals surface area contributed by atoms with Crippen molar-refractivity contribution in [1.82, 2.24) is 25.2 Å². The van der Waals surface area contributed by atoms with E-state index in [-0.39, 0.29) is 11.8 Å². The Labute approximate surface area is 236 Å². The number of hydrogen-bond acceptors (Lipinski definition) is 6. The average molecular weight is 552 g/mol. The molecule has 5 aromatic rings. The summed E-state index contributed by atoms with van der Waals surface area (Å²) in [5.74, 6) is -0.205. The molecule has 6 rings (SSSR count). The number of amides is 1. The first kappa shape index (κ1) is 25.6. The van der Waals surface area contributed by atoms with Crippen LogP contribution in [0.1, 0.15) is 48.4 Å². The molecule has 2 aromatic carbocycles. The number of aryl methyl sites for hydroxylation is 1. The molecule has 0 saturated carbocycles. The van der Waals surface area contributed by atoms with Crippen LogP contribution in [-0.2, 0) is 4.79 Å². The van der Waals surface area contributed by atoms with Crippen LogP contribution >= 0.6 is 11.6 Å². The van der Waals surface area contributed by atoms with E-state index in [1.165, 1.54) is 11.0 Å². The minimum atomic E-state index is -0.178. The zero-order chi connectivity index (χ0) is 27.6. The van der Waals surface area contributed by atoms with Crippen LogP contribution in [0.3, 0.4) is 0 Å². The van der Waals surface area contributed by atoms with Crippen LogP contribution in [0, 0.1) is 12.1 Å². The predicted octanol–water partition coefficient (Wildman–Crippen LogP) is 5.63. The Morgan fingerprint density at radius 3 is 2.77 bits per heavy atom. The van der Waals surface area contributed by atoms with Crippen molar-refractivity contribution in [3.05, 3.63) is 106 Å². The lowest BCUT2D eigenvalue weighted by molar-refractivity contribution is -0.614. The number of nitrogens with zero attached hydrogens (tertiary/aromatic N) is 6. The summed E-state index contributed by atoms with van der Waals surface area (Å²) in [6.45, 7) is 2.01. The van der Waals surface area contributed by atoms with Crippen molar-refractivity contribution in [2.24, 2.45) is 0 Å². The monoisotopic (exact) mass is 551 g/mol. The van der Waals surface area contributed by atoms with E-state index in [0.717, 1.165) is 51.2 Å². The van der Waals surface area contributed by atoms with E-state index in [2.05, 4.69) is 25.8 Å². The third-order valence-corrected chi connectivity index (χ3v) is 7.46. The topological polar surface area (TPSA) is 113 Å². The van der Waals surface area contributed by atoms with Crippen molar-refractivity contribution >= 4 is 23.2 Å². The maximum absolute atomic E-state index is 13.6. The highest BCUT2D eigenvalue weighted by atomic mass is 35.5. The fourth-order valence-electron chi connectivity index (χ4n) is 5.25. The van der Waals surface area contributed by atoms with Gasteiger partial charge < -0.3 is 10.5 Å². The van der Waals surface area contributed by atoms with Crippen molar-refractivity contribution in [3.8, 4) is 28.1 Å². The lowest BCUT2D eigenvalue weighted by atomic mass is 9.88. The third kappa shape index (κ3) is 5.15. The molecule has 0 fully saturated rings. The number of hydrogen-bond donors (Lipinski definition) is 1. The summed E-state index contributed by atoms with van der Waals surface area (Å²) in [7, 11) is 0. The average Bonchev–Trinajstić information content (AvgIpc) is 3.49. The van der Waals surface area contributed by atoms with Gasteiger partial charge in [-0.1, -0.05) is 29.7 Å². The molecule has 0 aliphatic carbocycles. The highest BCUT2D eigenvalue weighted by molar-refractivity contribution is 6.31. The summed E-state index contributed by atoms with van der Waals surface area (Å²) in [5.41, 5.74) is 7.17. The Balaban J connectivity index is 1.43. The molecule has 200 valence electrons. The molecule has 0 radical (unpaired) electrons. The molecule has 0 spiro atoms. The molecule has 0 saturated heterocycles. The van der Waals surface area contributed by atoms with E-state index in [0.29, 0.717) is 34.8 Å². The number of carbonyl (C=O) groups is 1. The molecule has 9 nitrogen and oxygen atoms in total. The Morgan fingerprint density at radius 1 is 1.05 bits per heavy atom. The van der Waals surface area contributed by atoms with Gasteiger partial charge in [-0.25, -0.2) is 0 Å². The first-order chi connectivity index (χ1) is 19.5. The summed E-state index contributed by atoms with van der Waals surface area (Å²) in [5, 5.41) is 28.7. The van der Waals surface area contributed by atoms with Gasteiger partial charge in [0.05, 0.1) is 23.0 Å². The summed E-state index contributed by atoms with van der Waals surface area (Å²) in [6, 6.07) is 19.1. The van der Waals surface area contributed by atoms with Crippen molar-refractivity contribution < 1.29 is 9.52 Å². The molecule has 4 heterocycles. The molecule has 3 aromatic heterocycles. The number of anilines is 1. The highest BCUT2D eigenvalue weighted by Gasteiger charge is 2.25. The minimum Gasteiger partial charge on any atom is -0.618 e. The van der Waals surface area contributed by atoms with Crippen molar-refractivity contribution in [2.45, 2.75) is 38.5 Å². The molecular weight excluding hydrogens is 526 g/mol. The van der Waals surface area contributed by atoms with E-state index in [1.807, 2.05) is 55.5 Å². The van der Waals surface area contributed by atoms with Gasteiger partial charge in [-0.2, -0.15) is 9.41 Å². The van der Waals surface area contributed by atoms with Gasteiger partial charge in [0.15, 0.2) is 11.9 Å². The SMILES string of the molecule is Cc1ccc2c(c1)-c1cc(ccn1)C(c1ccc(-c3cc(Cl)ccc3-n3cnnn3)c[n+]1[O-])CCCCC(=O)N2. The molecule has 1 aliphatic rings. The number of carbonyl (C=O) groups excluding carboxylic acids is 1. The lowest BCUT2D eigenvalue weighted by Gasteiger charge is -2.20. The van der Waals surface area contributed by atoms with Gasteiger partial charge in [0, 0.05) is 40.4 Å². The first-order valence-electron chi connectivity index (χ1n) is 13.1. The lowest BCUT2D eigenvalue weighted by Crippen LogP contribution is -2.33. The Morgan fingerprint density at radius 2 is 1.95 bits per heavy atom. The second-order valence-corrected chi connectivity index (χ2v) is 10.4. The molecule has 1 unspecified atom stereocenters. The van der Waals surface area contributed by atoms with Gasteiger partial charge in [0.1, 0.15) is 6.33 Å². The summed E-state index contributed by atoms with van der Waals surface area (Å²) >= 11 is 6.32. The molecular formula is C30H26ClN7O2. The molecule has 10 heteroatoms. The number of benzene rings is 2. The van der Waals surface area contributed by atoms with E-state index in [4.69, 9.17) is 11.6 Å². The summed E-state index contributed by atoms with van der Waals surface area (Å²) < 4.78 is 2.47. The van der Waals surface area contributed by atoms with Crippen molar-refractivity contribution in [3.63, 3.8) is 0 Å². The Kier molecular flexibility index (Phi) is 6.96. The number of tetrazole rings is 1. The molecule has 40 heavy (non-hydrogen) atoms. The number of rotatable bonds is 3. The number of pyridine rings is 2. The zero-order valence-corrected chi connectivity index (χ0v) is 22.5. The Hall–Kier alpha value is -4.63. The van der Waals surface area contributed by atoms with Crippen molar-refractivity contribution in [2.75, 3.05) is 5.32 Å². The largest absolute Gasteiger partial charge is 0.618 e. The van der Waals surface area contributed by atoms with Crippen LogP contribution in [0.4, 0.5) is 5.69 Å². The maximum Gasteiger partial charge on any atom is 0.224 e. The predicted molar refractivity (Wildman–Crippen MR) is 152 cm³/mol. The minimum absolute atomic E-state index is 0.0264. The normalized spacial score (nSPS) is 15.4. The van der Waals surface area contributed by atoms with Crippen molar-refractivity contribution in [1.29, 1.82) is 0 Å². The fraction of sp³-hybridized carbons (Fsp3) is 0.200. The number of halogens is 1. The van der Waals surface area contributed by atoms with Gasteiger partial charge >= 0.3 is 0 Å². The second kappa shape index (κ2) is 10.9. The number of nitrogens with one attached hydrogen (secondary N) is 1. The Bertz CT molecular complexity index is 1700. The smallest absolute Gasteiger partial charge is 0.224 e. The van der Waals surface area contributed by atoms with Crippen LogP contribution in [0.25, 0.3) is 28.1 Å². The third-order valence-electron chi connectivity index (χ3n) is 7.23. The molecule has 1 N–H and O–H groups in total. The summed E-state index contributed by atoms with van der Waals surface area (Å²) in [4.78, 5) is 17.3. The quantitative estimate of drug-likeness (QED) is 0.230.